The van der Waals surface area contributed by atoms with Crippen molar-refractivity contribution in [3.05, 3.63) is 69.7 Å². The topological polar surface area (TPSA) is 66.5 Å². The number of ketones is 1. The zero-order chi connectivity index (χ0) is 20.5. The van der Waals surface area contributed by atoms with E-state index in [2.05, 4.69) is 35.1 Å². The molecule has 2 aromatic carbocycles. The van der Waals surface area contributed by atoms with Crippen LogP contribution in [0.1, 0.15) is 54.6 Å². The van der Waals surface area contributed by atoms with Crippen LogP contribution in [0.2, 0.25) is 0 Å². The predicted octanol–water partition coefficient (Wildman–Crippen LogP) is 4.61. The molecular weight excluding hydrogens is 420 g/mol. The minimum Gasteiger partial charge on any atom is -0.319 e. The number of carbonyl (C=O) groups is 3. The summed E-state index contributed by atoms with van der Waals surface area (Å²) in [5.41, 5.74) is 1.12. The number of hydrogen-bond donors (Lipinski definition) is 1. The van der Waals surface area contributed by atoms with Crippen molar-refractivity contribution < 1.29 is 14.4 Å². The molecule has 146 valence electrons. The number of amides is 3. The predicted molar refractivity (Wildman–Crippen MR) is 111 cm³/mol. The maximum atomic E-state index is 13.0. The number of halogens is 1. The second-order valence-electron chi connectivity index (χ2n) is 7.31. The zero-order valence-electron chi connectivity index (χ0n) is 16.2. The van der Waals surface area contributed by atoms with Crippen molar-refractivity contribution in [2.45, 2.75) is 38.6 Å². The molecule has 1 saturated heterocycles. The summed E-state index contributed by atoms with van der Waals surface area (Å²) in [5, 5.41) is 2.73. The highest BCUT2D eigenvalue weighted by molar-refractivity contribution is 9.10. The third kappa shape index (κ3) is 3.74. The third-order valence-corrected chi connectivity index (χ3v) is 5.89. The molecule has 2 atom stereocenters. The average molecular weight is 443 g/mol. The van der Waals surface area contributed by atoms with E-state index in [1.807, 2.05) is 18.2 Å². The van der Waals surface area contributed by atoms with Crippen molar-refractivity contribution in [2.24, 2.45) is 0 Å². The fourth-order valence-corrected chi connectivity index (χ4v) is 3.70. The van der Waals surface area contributed by atoms with Gasteiger partial charge in [0.15, 0.2) is 5.78 Å². The van der Waals surface area contributed by atoms with Crippen LogP contribution in [-0.4, -0.2) is 29.2 Å². The van der Waals surface area contributed by atoms with E-state index >= 15 is 0 Å². The van der Waals surface area contributed by atoms with E-state index in [1.54, 1.807) is 37.3 Å². The molecule has 2 unspecified atom stereocenters. The molecule has 0 saturated carbocycles. The molecule has 1 aliphatic heterocycles. The largest absolute Gasteiger partial charge is 0.325 e. The van der Waals surface area contributed by atoms with E-state index in [0.29, 0.717) is 17.0 Å². The monoisotopic (exact) mass is 442 g/mol. The van der Waals surface area contributed by atoms with E-state index in [4.69, 9.17) is 0 Å². The molecule has 3 rings (SSSR count). The zero-order valence-corrected chi connectivity index (χ0v) is 17.7. The molecule has 0 radical (unpaired) electrons. The normalized spacial score (nSPS) is 20.2. The Kier molecular flexibility index (Phi) is 5.70. The molecule has 3 amide bonds. The van der Waals surface area contributed by atoms with Gasteiger partial charge in [-0.2, -0.15) is 0 Å². The summed E-state index contributed by atoms with van der Waals surface area (Å²) < 4.78 is 0.809. The summed E-state index contributed by atoms with van der Waals surface area (Å²) in [5.74, 6) is -0.279. The van der Waals surface area contributed by atoms with Crippen molar-refractivity contribution in [1.82, 2.24) is 10.2 Å². The molecule has 0 aliphatic carbocycles. The van der Waals surface area contributed by atoms with E-state index in [0.717, 1.165) is 21.4 Å². The van der Waals surface area contributed by atoms with Crippen LogP contribution in [0.3, 0.4) is 0 Å². The minimum atomic E-state index is -1.19. The van der Waals surface area contributed by atoms with Gasteiger partial charge >= 0.3 is 6.03 Å². The van der Waals surface area contributed by atoms with Gasteiger partial charge in [-0.05, 0) is 42.5 Å². The van der Waals surface area contributed by atoms with Gasteiger partial charge in [-0.3, -0.25) is 14.5 Å². The molecule has 5 nitrogen and oxygen atoms in total. The Morgan fingerprint density at radius 3 is 2.46 bits per heavy atom. The quantitative estimate of drug-likeness (QED) is 0.524. The van der Waals surface area contributed by atoms with Crippen molar-refractivity contribution in [3.8, 4) is 0 Å². The standard InChI is InChI=1S/C22H23BrN2O3/c1-4-14(2)15-8-10-16(11-9-15)19(26)13-25-20(27)22(3,24-21(25)28)17-6-5-7-18(23)12-17/h5-12,14H,4,13H2,1-3H3,(H,24,28). The van der Waals surface area contributed by atoms with Crippen LogP contribution >= 0.6 is 15.9 Å². The van der Waals surface area contributed by atoms with Crippen molar-refractivity contribution in [3.63, 3.8) is 0 Å². The Hall–Kier alpha value is -2.47. The number of Topliss-reactive ketones (excluding diaryl/α,β-unsaturated/α-hetero) is 1. The minimum absolute atomic E-state index is 0.266. The summed E-state index contributed by atoms with van der Waals surface area (Å²) >= 11 is 3.38. The molecular formula is C22H23BrN2O3. The summed E-state index contributed by atoms with van der Waals surface area (Å²) in [6.07, 6.45) is 1.02. The van der Waals surface area contributed by atoms with Crippen LogP contribution in [0.4, 0.5) is 4.79 Å². The number of hydrogen-bond acceptors (Lipinski definition) is 3. The number of nitrogens with one attached hydrogen (secondary N) is 1. The first-order valence-electron chi connectivity index (χ1n) is 9.29. The third-order valence-electron chi connectivity index (χ3n) is 5.39. The van der Waals surface area contributed by atoms with Gasteiger partial charge in [0.05, 0.1) is 6.54 Å². The number of urea groups is 1. The smallest absolute Gasteiger partial charge is 0.319 e. The van der Waals surface area contributed by atoms with Gasteiger partial charge < -0.3 is 5.32 Å². The maximum absolute atomic E-state index is 13.0. The number of rotatable bonds is 6. The van der Waals surface area contributed by atoms with Crippen LogP contribution < -0.4 is 5.32 Å². The number of imide groups is 1. The van der Waals surface area contributed by atoms with Gasteiger partial charge in [0.25, 0.3) is 5.91 Å². The second kappa shape index (κ2) is 7.87. The van der Waals surface area contributed by atoms with E-state index in [1.165, 1.54) is 0 Å². The SMILES string of the molecule is CCC(C)c1ccc(C(=O)CN2C(=O)NC(C)(c3cccc(Br)c3)C2=O)cc1. The van der Waals surface area contributed by atoms with Crippen LogP contribution in [0.25, 0.3) is 0 Å². The maximum Gasteiger partial charge on any atom is 0.325 e. The van der Waals surface area contributed by atoms with Crippen LogP contribution in [-0.2, 0) is 10.3 Å². The van der Waals surface area contributed by atoms with Gasteiger partial charge in [0, 0.05) is 10.0 Å². The fourth-order valence-electron chi connectivity index (χ4n) is 3.30. The Bertz CT molecular complexity index is 926. The molecule has 1 heterocycles. The summed E-state index contributed by atoms with van der Waals surface area (Å²) in [6.45, 7) is 5.62. The Morgan fingerprint density at radius 1 is 1.18 bits per heavy atom. The molecule has 0 aromatic heterocycles. The van der Waals surface area contributed by atoms with Gasteiger partial charge in [0.1, 0.15) is 5.54 Å². The Morgan fingerprint density at radius 2 is 1.86 bits per heavy atom. The molecule has 0 spiro atoms. The van der Waals surface area contributed by atoms with Gasteiger partial charge in [-0.1, -0.05) is 66.2 Å². The lowest BCUT2D eigenvalue weighted by atomic mass is 9.92. The first kappa shape index (κ1) is 20.3. The summed E-state index contributed by atoms with van der Waals surface area (Å²) in [7, 11) is 0. The Balaban J connectivity index is 1.78. The fraction of sp³-hybridized carbons (Fsp3) is 0.318. The number of carbonyl (C=O) groups excluding carboxylic acids is 3. The first-order chi connectivity index (χ1) is 13.3. The molecule has 0 bridgehead atoms. The van der Waals surface area contributed by atoms with Crippen molar-refractivity contribution in [1.29, 1.82) is 0 Å². The van der Waals surface area contributed by atoms with Crippen LogP contribution in [0.5, 0.6) is 0 Å². The van der Waals surface area contributed by atoms with Gasteiger partial charge in [-0.15, -0.1) is 0 Å². The highest BCUT2D eigenvalue weighted by atomic mass is 79.9. The molecule has 1 aliphatic rings. The second-order valence-corrected chi connectivity index (χ2v) is 8.23. The van der Waals surface area contributed by atoms with E-state index < -0.39 is 17.5 Å². The lowest BCUT2D eigenvalue weighted by Gasteiger charge is -2.22. The Labute approximate surface area is 173 Å². The van der Waals surface area contributed by atoms with Crippen LogP contribution in [0, 0.1) is 0 Å². The van der Waals surface area contributed by atoms with E-state index in [-0.39, 0.29) is 12.3 Å². The lowest BCUT2D eigenvalue weighted by molar-refractivity contribution is -0.130. The highest BCUT2D eigenvalue weighted by Gasteiger charge is 2.49. The molecule has 28 heavy (non-hydrogen) atoms. The average Bonchev–Trinajstić information content (AvgIpc) is 2.91. The molecule has 2 aromatic rings. The molecule has 1 N–H and O–H groups in total. The molecule has 1 fully saturated rings. The van der Waals surface area contributed by atoms with E-state index in [9.17, 15) is 14.4 Å². The number of benzene rings is 2. The summed E-state index contributed by atoms with van der Waals surface area (Å²) in [4.78, 5) is 39.1. The molecule has 6 heteroatoms. The summed E-state index contributed by atoms with van der Waals surface area (Å²) in [6, 6.07) is 14.0. The first-order valence-corrected chi connectivity index (χ1v) is 10.1. The highest BCUT2D eigenvalue weighted by Crippen LogP contribution is 2.30. The van der Waals surface area contributed by atoms with Crippen molar-refractivity contribution >= 4 is 33.7 Å². The lowest BCUT2D eigenvalue weighted by Crippen LogP contribution is -2.41. The van der Waals surface area contributed by atoms with Crippen LogP contribution in [0.15, 0.2) is 53.0 Å². The van der Waals surface area contributed by atoms with Gasteiger partial charge in [-0.25, -0.2) is 4.79 Å². The van der Waals surface area contributed by atoms with Gasteiger partial charge in [0.2, 0.25) is 0 Å². The number of nitrogens with zero attached hydrogens (tertiary/aromatic N) is 1. The van der Waals surface area contributed by atoms with Crippen molar-refractivity contribution in [2.75, 3.05) is 6.54 Å².